The third-order valence-corrected chi connectivity index (χ3v) is 3.64. The minimum atomic E-state index is -0.157. The number of hydrogen-bond donors (Lipinski definition) is 0. The van der Waals surface area contributed by atoms with Crippen LogP contribution in [0.15, 0.2) is 42.5 Å². The Balaban J connectivity index is 2.39. The van der Waals surface area contributed by atoms with Crippen LogP contribution in [0.5, 0.6) is 5.75 Å². The van der Waals surface area contributed by atoms with Gasteiger partial charge >= 0.3 is 0 Å². The fourth-order valence-corrected chi connectivity index (χ4v) is 2.73. The molecule has 21 heavy (non-hydrogen) atoms. The average molecular weight is 324 g/mol. The van der Waals surface area contributed by atoms with Crippen molar-refractivity contribution in [3.63, 3.8) is 0 Å². The molecule has 0 atom stereocenters. The second-order valence-corrected chi connectivity index (χ2v) is 5.17. The number of hydrogen-bond acceptors (Lipinski definition) is 2. The largest absolute Gasteiger partial charge is 0.494 e. The number of para-hydroxylation sites is 1. The Bertz CT molecular complexity index is 621. The van der Waals surface area contributed by atoms with Gasteiger partial charge < -0.3 is 9.64 Å². The predicted octanol–water partition coefficient (Wildman–Crippen LogP) is 4.67. The molecule has 110 valence electrons. The number of anilines is 1. The summed E-state index contributed by atoms with van der Waals surface area (Å²) >= 11 is 12.2. The predicted molar refractivity (Wildman–Crippen MR) is 86.8 cm³/mol. The summed E-state index contributed by atoms with van der Waals surface area (Å²) in [6, 6.07) is 12.6. The first-order valence-electron chi connectivity index (χ1n) is 6.48. The van der Waals surface area contributed by atoms with E-state index in [2.05, 4.69) is 0 Å². The van der Waals surface area contributed by atoms with Gasteiger partial charge in [0.2, 0.25) is 0 Å². The Morgan fingerprint density at radius 3 is 2.19 bits per heavy atom. The van der Waals surface area contributed by atoms with Crippen molar-refractivity contribution in [2.45, 2.75) is 6.92 Å². The first-order valence-corrected chi connectivity index (χ1v) is 7.24. The van der Waals surface area contributed by atoms with Crippen LogP contribution in [-0.4, -0.2) is 19.6 Å². The Morgan fingerprint density at radius 1 is 1.14 bits per heavy atom. The molecule has 2 aromatic rings. The van der Waals surface area contributed by atoms with Gasteiger partial charge in [0.1, 0.15) is 0 Å². The van der Waals surface area contributed by atoms with E-state index in [1.165, 1.54) is 7.11 Å². The molecule has 3 nitrogen and oxygen atoms in total. The number of benzene rings is 2. The number of methoxy groups -OCH3 is 1. The lowest BCUT2D eigenvalue weighted by molar-refractivity contribution is 0.0988. The molecule has 0 saturated heterocycles. The smallest absolute Gasteiger partial charge is 0.258 e. The number of amides is 1. The van der Waals surface area contributed by atoms with Gasteiger partial charge in [0.15, 0.2) is 5.75 Å². The highest BCUT2D eigenvalue weighted by molar-refractivity contribution is 6.37. The molecule has 0 bridgehead atoms. The summed E-state index contributed by atoms with van der Waals surface area (Å²) < 4.78 is 5.09. The summed E-state index contributed by atoms with van der Waals surface area (Å²) in [5, 5.41) is 0.634. The van der Waals surface area contributed by atoms with E-state index in [1.54, 1.807) is 17.0 Å². The normalized spacial score (nSPS) is 10.3. The molecule has 1 amide bonds. The van der Waals surface area contributed by atoms with Crippen molar-refractivity contribution >= 4 is 34.8 Å². The summed E-state index contributed by atoms with van der Waals surface area (Å²) in [6.07, 6.45) is 0. The molecule has 2 rings (SSSR count). The van der Waals surface area contributed by atoms with E-state index in [9.17, 15) is 4.79 Å². The van der Waals surface area contributed by atoms with E-state index >= 15 is 0 Å². The molecule has 0 aliphatic carbocycles. The van der Waals surface area contributed by atoms with E-state index in [-0.39, 0.29) is 5.91 Å². The molecular formula is C16H15Cl2NO2. The zero-order valence-corrected chi connectivity index (χ0v) is 13.3. The van der Waals surface area contributed by atoms with Crippen LogP contribution in [-0.2, 0) is 0 Å². The monoisotopic (exact) mass is 323 g/mol. The Labute approximate surface area is 134 Å². The molecule has 0 saturated carbocycles. The van der Waals surface area contributed by atoms with Crippen LogP contribution in [0.25, 0.3) is 0 Å². The van der Waals surface area contributed by atoms with E-state index in [0.717, 1.165) is 5.69 Å². The molecule has 0 N–H and O–H groups in total. The van der Waals surface area contributed by atoms with Gasteiger partial charge in [0.05, 0.1) is 17.2 Å². The summed E-state index contributed by atoms with van der Waals surface area (Å²) in [7, 11) is 1.48. The quantitative estimate of drug-likeness (QED) is 0.818. The van der Waals surface area contributed by atoms with Gasteiger partial charge in [-0.1, -0.05) is 41.4 Å². The van der Waals surface area contributed by atoms with Crippen LogP contribution in [0.4, 0.5) is 5.69 Å². The van der Waals surface area contributed by atoms with Gasteiger partial charge in [-0.25, -0.2) is 0 Å². The lowest BCUT2D eigenvalue weighted by Gasteiger charge is -2.21. The van der Waals surface area contributed by atoms with Crippen molar-refractivity contribution in [2.24, 2.45) is 0 Å². The van der Waals surface area contributed by atoms with Crippen LogP contribution in [0, 0.1) is 0 Å². The zero-order chi connectivity index (χ0) is 15.4. The van der Waals surface area contributed by atoms with Crippen molar-refractivity contribution in [3.05, 3.63) is 58.1 Å². The zero-order valence-electron chi connectivity index (χ0n) is 11.8. The summed E-state index contributed by atoms with van der Waals surface area (Å²) in [5.74, 6) is 0.216. The fraction of sp³-hybridized carbons (Fsp3) is 0.188. The molecule has 0 radical (unpaired) electrons. The molecule has 5 heteroatoms. The highest BCUT2D eigenvalue weighted by Crippen LogP contribution is 2.34. The molecule has 2 aromatic carbocycles. The van der Waals surface area contributed by atoms with Crippen molar-refractivity contribution in [3.8, 4) is 5.75 Å². The Kier molecular flexibility index (Phi) is 5.10. The SMILES string of the molecule is CCN(C(=O)c1cc(Cl)c(OC)c(Cl)c1)c1ccccc1. The highest BCUT2D eigenvalue weighted by Gasteiger charge is 2.19. The number of carbonyl (C=O) groups is 1. The Morgan fingerprint density at radius 2 is 1.71 bits per heavy atom. The standard InChI is InChI=1S/C16H15Cl2NO2/c1-3-19(12-7-5-4-6-8-12)16(20)11-9-13(17)15(21-2)14(18)10-11/h4-10H,3H2,1-2H3. The van der Waals surface area contributed by atoms with Gasteiger partial charge in [0.25, 0.3) is 5.91 Å². The first kappa shape index (κ1) is 15.7. The van der Waals surface area contributed by atoms with Gasteiger partial charge in [-0.3, -0.25) is 4.79 Å². The molecule has 0 heterocycles. The third kappa shape index (κ3) is 3.31. The topological polar surface area (TPSA) is 29.5 Å². The van der Waals surface area contributed by atoms with Crippen LogP contribution in [0.2, 0.25) is 10.0 Å². The van der Waals surface area contributed by atoms with Crippen LogP contribution < -0.4 is 9.64 Å². The van der Waals surface area contributed by atoms with Crippen LogP contribution in [0.1, 0.15) is 17.3 Å². The highest BCUT2D eigenvalue weighted by atomic mass is 35.5. The van der Waals surface area contributed by atoms with Crippen molar-refractivity contribution < 1.29 is 9.53 Å². The molecule has 0 aliphatic heterocycles. The number of nitrogens with zero attached hydrogens (tertiary/aromatic N) is 1. The molecule has 0 aromatic heterocycles. The van der Waals surface area contributed by atoms with E-state index in [1.807, 2.05) is 37.3 Å². The second kappa shape index (κ2) is 6.83. The minimum Gasteiger partial charge on any atom is -0.494 e. The number of rotatable bonds is 4. The third-order valence-electron chi connectivity index (χ3n) is 3.08. The maximum atomic E-state index is 12.6. The number of ether oxygens (including phenoxy) is 1. The van der Waals surface area contributed by atoms with E-state index < -0.39 is 0 Å². The molecule has 0 spiro atoms. The number of halogens is 2. The van der Waals surface area contributed by atoms with Crippen molar-refractivity contribution in [2.75, 3.05) is 18.6 Å². The van der Waals surface area contributed by atoms with Crippen LogP contribution >= 0.6 is 23.2 Å². The Hall–Kier alpha value is -1.71. The molecular weight excluding hydrogens is 309 g/mol. The fourth-order valence-electron chi connectivity index (χ4n) is 2.09. The summed E-state index contributed by atoms with van der Waals surface area (Å²) in [5.41, 5.74) is 1.25. The van der Waals surface area contributed by atoms with Gasteiger partial charge in [-0.05, 0) is 31.2 Å². The minimum absolute atomic E-state index is 0.157. The maximum Gasteiger partial charge on any atom is 0.258 e. The van der Waals surface area contributed by atoms with Gasteiger partial charge in [-0.15, -0.1) is 0 Å². The molecule has 0 unspecified atom stereocenters. The molecule has 0 aliphatic rings. The first-order chi connectivity index (χ1) is 10.1. The van der Waals surface area contributed by atoms with E-state index in [0.29, 0.717) is 27.9 Å². The molecule has 0 fully saturated rings. The maximum absolute atomic E-state index is 12.6. The summed E-state index contributed by atoms with van der Waals surface area (Å²) in [6.45, 7) is 2.46. The second-order valence-electron chi connectivity index (χ2n) is 4.36. The van der Waals surface area contributed by atoms with Gasteiger partial charge in [0, 0.05) is 17.8 Å². The lowest BCUT2D eigenvalue weighted by atomic mass is 10.1. The van der Waals surface area contributed by atoms with E-state index in [4.69, 9.17) is 27.9 Å². The van der Waals surface area contributed by atoms with Crippen molar-refractivity contribution in [1.29, 1.82) is 0 Å². The summed E-state index contributed by atoms with van der Waals surface area (Å²) in [4.78, 5) is 14.3. The average Bonchev–Trinajstić information content (AvgIpc) is 2.48. The van der Waals surface area contributed by atoms with Gasteiger partial charge in [-0.2, -0.15) is 0 Å². The van der Waals surface area contributed by atoms with Crippen molar-refractivity contribution in [1.82, 2.24) is 0 Å². The number of carbonyl (C=O) groups excluding carboxylic acids is 1. The lowest BCUT2D eigenvalue weighted by Crippen LogP contribution is -2.30. The van der Waals surface area contributed by atoms with Crippen LogP contribution in [0.3, 0.4) is 0 Å².